The van der Waals surface area contributed by atoms with Gasteiger partial charge in [-0.1, -0.05) is 60.7 Å². The van der Waals surface area contributed by atoms with Crippen molar-refractivity contribution in [3.05, 3.63) is 78.4 Å². The molecule has 1 heterocycles. The van der Waals surface area contributed by atoms with Crippen LogP contribution in [0.1, 0.15) is 18.4 Å². The largest absolute Gasteiger partial charge is 0.355 e. The summed E-state index contributed by atoms with van der Waals surface area (Å²) in [5, 5.41) is 5.77. The van der Waals surface area contributed by atoms with Gasteiger partial charge in [-0.25, -0.2) is 0 Å². The van der Waals surface area contributed by atoms with Crippen molar-refractivity contribution in [2.75, 3.05) is 25.4 Å². The first-order valence-electron chi connectivity index (χ1n) is 10.4. The Morgan fingerprint density at radius 2 is 1.66 bits per heavy atom. The Balaban J connectivity index is 1.21. The highest BCUT2D eigenvalue weighted by Crippen LogP contribution is 2.23. The second-order valence-electron chi connectivity index (χ2n) is 7.64. The molecule has 0 spiro atoms. The molecule has 1 fully saturated rings. The molecule has 29 heavy (non-hydrogen) atoms. The van der Waals surface area contributed by atoms with Crippen LogP contribution in [0.4, 0.5) is 0 Å². The summed E-state index contributed by atoms with van der Waals surface area (Å²) in [6.07, 6.45) is 1.89. The van der Waals surface area contributed by atoms with Crippen LogP contribution in [0.5, 0.6) is 0 Å². The van der Waals surface area contributed by atoms with E-state index in [-0.39, 0.29) is 11.8 Å². The van der Waals surface area contributed by atoms with Crippen LogP contribution < -0.4 is 5.32 Å². The second kappa shape index (κ2) is 9.95. The standard InChI is InChI=1S/C25H28N2OS/c28-25(26-15-18-29-23-10-2-1-3-11-23)21-13-16-27(17-14-21)19-22-9-6-8-20-7-4-5-12-24(20)22/h1-12,21H,13-19H2,(H,26,28). The summed E-state index contributed by atoms with van der Waals surface area (Å²) in [5.41, 5.74) is 1.38. The van der Waals surface area contributed by atoms with Crippen LogP contribution in [0.15, 0.2) is 77.7 Å². The average molecular weight is 405 g/mol. The fourth-order valence-corrected chi connectivity index (χ4v) is 4.82. The number of hydrogen-bond acceptors (Lipinski definition) is 3. The van der Waals surface area contributed by atoms with E-state index in [1.807, 2.05) is 18.2 Å². The maximum Gasteiger partial charge on any atom is 0.223 e. The Morgan fingerprint density at radius 1 is 0.931 bits per heavy atom. The first-order valence-corrected chi connectivity index (χ1v) is 11.4. The summed E-state index contributed by atoms with van der Waals surface area (Å²) in [6.45, 7) is 3.66. The zero-order chi connectivity index (χ0) is 19.9. The molecular weight excluding hydrogens is 376 g/mol. The van der Waals surface area contributed by atoms with E-state index in [0.29, 0.717) is 0 Å². The summed E-state index contributed by atoms with van der Waals surface area (Å²) < 4.78 is 0. The van der Waals surface area contributed by atoms with Crippen LogP contribution in [-0.4, -0.2) is 36.2 Å². The van der Waals surface area contributed by atoms with Crippen molar-refractivity contribution in [3.8, 4) is 0 Å². The monoisotopic (exact) mass is 404 g/mol. The molecule has 150 valence electrons. The summed E-state index contributed by atoms with van der Waals surface area (Å²) in [6, 6.07) is 25.5. The molecule has 4 heteroatoms. The Bertz CT molecular complexity index is 930. The smallest absolute Gasteiger partial charge is 0.223 e. The van der Waals surface area contributed by atoms with Gasteiger partial charge in [0.05, 0.1) is 0 Å². The molecule has 3 aromatic carbocycles. The lowest BCUT2D eigenvalue weighted by Gasteiger charge is -2.31. The van der Waals surface area contributed by atoms with Crippen molar-refractivity contribution in [2.45, 2.75) is 24.3 Å². The van der Waals surface area contributed by atoms with E-state index in [2.05, 4.69) is 64.8 Å². The topological polar surface area (TPSA) is 32.3 Å². The van der Waals surface area contributed by atoms with Crippen molar-refractivity contribution in [1.29, 1.82) is 0 Å². The third kappa shape index (κ3) is 5.40. The molecule has 0 radical (unpaired) electrons. The number of carbonyl (C=O) groups is 1. The minimum atomic E-state index is 0.153. The van der Waals surface area contributed by atoms with E-state index in [1.54, 1.807) is 11.8 Å². The summed E-state index contributed by atoms with van der Waals surface area (Å²) in [4.78, 5) is 16.2. The predicted molar refractivity (Wildman–Crippen MR) is 122 cm³/mol. The quantitative estimate of drug-likeness (QED) is 0.446. The number of amides is 1. The van der Waals surface area contributed by atoms with Gasteiger partial charge in [0.25, 0.3) is 0 Å². The van der Waals surface area contributed by atoms with Crippen LogP contribution >= 0.6 is 11.8 Å². The van der Waals surface area contributed by atoms with Crippen LogP contribution in [0.3, 0.4) is 0 Å². The number of piperidine rings is 1. The van der Waals surface area contributed by atoms with Crippen molar-refractivity contribution in [3.63, 3.8) is 0 Å². The predicted octanol–water partition coefficient (Wildman–Crippen LogP) is 4.96. The van der Waals surface area contributed by atoms with Gasteiger partial charge in [-0.15, -0.1) is 11.8 Å². The molecule has 1 saturated heterocycles. The third-order valence-electron chi connectivity index (χ3n) is 5.65. The molecule has 3 nitrogen and oxygen atoms in total. The molecule has 1 aliphatic rings. The second-order valence-corrected chi connectivity index (χ2v) is 8.81. The van der Waals surface area contributed by atoms with Crippen molar-refractivity contribution in [2.24, 2.45) is 5.92 Å². The number of fused-ring (bicyclic) bond motifs is 1. The molecule has 0 aliphatic carbocycles. The van der Waals surface area contributed by atoms with E-state index in [9.17, 15) is 4.79 Å². The normalized spacial score (nSPS) is 15.4. The zero-order valence-electron chi connectivity index (χ0n) is 16.7. The minimum absolute atomic E-state index is 0.153. The van der Waals surface area contributed by atoms with Gasteiger partial charge < -0.3 is 5.32 Å². The highest BCUT2D eigenvalue weighted by atomic mass is 32.2. The first kappa shape index (κ1) is 20.0. The van der Waals surface area contributed by atoms with Crippen LogP contribution in [-0.2, 0) is 11.3 Å². The fourth-order valence-electron chi connectivity index (χ4n) is 4.03. The molecule has 0 atom stereocenters. The van der Waals surface area contributed by atoms with Gasteiger partial charge in [-0.2, -0.15) is 0 Å². The van der Waals surface area contributed by atoms with Gasteiger partial charge in [-0.05, 0) is 54.4 Å². The van der Waals surface area contributed by atoms with Gasteiger partial charge in [-0.3, -0.25) is 9.69 Å². The molecule has 0 saturated carbocycles. The van der Waals surface area contributed by atoms with Gasteiger partial charge in [0, 0.05) is 29.7 Å². The zero-order valence-corrected chi connectivity index (χ0v) is 17.5. The van der Waals surface area contributed by atoms with Gasteiger partial charge >= 0.3 is 0 Å². The Labute approximate surface area is 177 Å². The van der Waals surface area contributed by atoms with Gasteiger partial charge in [0.1, 0.15) is 0 Å². The number of likely N-dealkylation sites (tertiary alicyclic amines) is 1. The van der Waals surface area contributed by atoms with Gasteiger partial charge in [0.2, 0.25) is 5.91 Å². The van der Waals surface area contributed by atoms with Crippen LogP contribution in [0.2, 0.25) is 0 Å². The van der Waals surface area contributed by atoms with E-state index in [1.165, 1.54) is 21.2 Å². The van der Waals surface area contributed by atoms with Crippen LogP contribution in [0.25, 0.3) is 10.8 Å². The highest BCUT2D eigenvalue weighted by molar-refractivity contribution is 7.99. The minimum Gasteiger partial charge on any atom is -0.355 e. The van der Waals surface area contributed by atoms with Crippen molar-refractivity contribution < 1.29 is 4.79 Å². The number of rotatable bonds is 7. The maximum absolute atomic E-state index is 12.5. The Kier molecular flexibility index (Phi) is 6.86. The number of hydrogen-bond donors (Lipinski definition) is 1. The van der Waals surface area contributed by atoms with E-state index in [4.69, 9.17) is 0 Å². The SMILES string of the molecule is O=C(NCCSc1ccccc1)C1CCN(Cc2cccc3ccccc23)CC1. The number of thioether (sulfide) groups is 1. The molecule has 0 unspecified atom stereocenters. The molecule has 0 aromatic heterocycles. The van der Waals surface area contributed by atoms with Crippen molar-refractivity contribution in [1.82, 2.24) is 10.2 Å². The molecule has 0 bridgehead atoms. The number of benzene rings is 3. The fraction of sp³-hybridized carbons (Fsp3) is 0.320. The van der Waals surface area contributed by atoms with Crippen molar-refractivity contribution >= 4 is 28.4 Å². The number of nitrogens with zero attached hydrogens (tertiary/aromatic N) is 1. The van der Waals surface area contributed by atoms with E-state index < -0.39 is 0 Å². The average Bonchev–Trinajstić information content (AvgIpc) is 2.78. The number of nitrogens with one attached hydrogen (secondary N) is 1. The Morgan fingerprint density at radius 3 is 2.48 bits per heavy atom. The lowest BCUT2D eigenvalue weighted by atomic mass is 9.95. The summed E-state index contributed by atoms with van der Waals surface area (Å²) >= 11 is 1.79. The van der Waals surface area contributed by atoms with E-state index in [0.717, 1.165) is 44.8 Å². The maximum atomic E-state index is 12.5. The lowest BCUT2D eigenvalue weighted by molar-refractivity contribution is -0.126. The van der Waals surface area contributed by atoms with Crippen LogP contribution in [0, 0.1) is 5.92 Å². The highest BCUT2D eigenvalue weighted by Gasteiger charge is 2.24. The first-order chi connectivity index (χ1) is 14.3. The van der Waals surface area contributed by atoms with Gasteiger partial charge in [0.15, 0.2) is 0 Å². The number of carbonyl (C=O) groups excluding carboxylic acids is 1. The molecule has 4 rings (SSSR count). The molecule has 3 aromatic rings. The van der Waals surface area contributed by atoms with E-state index >= 15 is 0 Å². The molecule has 1 N–H and O–H groups in total. The summed E-state index contributed by atoms with van der Waals surface area (Å²) in [5.74, 6) is 1.29. The summed E-state index contributed by atoms with van der Waals surface area (Å²) in [7, 11) is 0. The lowest BCUT2D eigenvalue weighted by Crippen LogP contribution is -2.40. The molecule has 1 aliphatic heterocycles. The molecule has 1 amide bonds. The molecular formula is C25H28N2OS. The Hall–Kier alpha value is -2.30. The third-order valence-corrected chi connectivity index (χ3v) is 6.66.